The Labute approximate surface area is 247 Å². The molecule has 0 spiro atoms. The fraction of sp³-hybridized carbons (Fsp3) is 0.448. The van der Waals surface area contributed by atoms with Crippen molar-refractivity contribution in [3.63, 3.8) is 0 Å². The van der Waals surface area contributed by atoms with Crippen LogP contribution in [0.1, 0.15) is 41.5 Å². The molecule has 1 N–H and O–H groups in total. The Morgan fingerprint density at radius 3 is 2.12 bits per heavy atom. The minimum absolute atomic E-state index is 0.00661. The summed E-state index contributed by atoms with van der Waals surface area (Å²) >= 11 is 3.44. The van der Waals surface area contributed by atoms with E-state index in [1.165, 1.54) is 33.5 Å². The van der Waals surface area contributed by atoms with E-state index in [4.69, 9.17) is 33.2 Å². The third-order valence-electron chi connectivity index (χ3n) is 6.53. The Morgan fingerprint density at radius 1 is 0.951 bits per heavy atom. The normalized spacial score (nSPS) is 16.5. The van der Waals surface area contributed by atoms with Gasteiger partial charge in [0, 0.05) is 17.2 Å². The van der Waals surface area contributed by atoms with E-state index in [2.05, 4.69) is 0 Å². The van der Waals surface area contributed by atoms with Crippen molar-refractivity contribution in [3.05, 3.63) is 52.6 Å². The number of thioether (sulfide) groups is 2. The molecule has 0 radical (unpaired) electrons. The Morgan fingerprint density at radius 2 is 1.56 bits per heavy atom. The second-order valence-electron chi connectivity index (χ2n) is 8.87. The van der Waals surface area contributed by atoms with E-state index >= 15 is 0 Å². The largest absolute Gasteiger partial charge is 0.493 e. The number of esters is 2. The molecule has 2 aliphatic rings. The number of hydrogen-bond donors (Lipinski definition) is 1. The summed E-state index contributed by atoms with van der Waals surface area (Å²) in [7, 11) is 4.36. The van der Waals surface area contributed by atoms with Gasteiger partial charge >= 0.3 is 11.9 Å². The number of rotatable bonds is 11. The fourth-order valence-electron chi connectivity index (χ4n) is 4.70. The zero-order valence-corrected chi connectivity index (χ0v) is 25.3. The van der Waals surface area contributed by atoms with Gasteiger partial charge in [-0.3, -0.25) is 0 Å². The molecule has 0 aliphatic carbocycles. The van der Waals surface area contributed by atoms with Gasteiger partial charge in [0.1, 0.15) is 5.60 Å². The molecule has 0 aromatic heterocycles. The standard InChI is InChI=1S/C29H34O10S2/c1-6-36-25(30)15-20(27(31)37-7-2)29(32,17-11-23(33-3)26(35-5)24(12-17)34-4)19-14-22-21(38-16-39-22)13-18(19)28-40-9-8-10-41-28/h11-15,28,32H,6-10,16H2,1-5H3/b20-15+. The van der Waals surface area contributed by atoms with Gasteiger partial charge in [-0.05, 0) is 61.6 Å². The third kappa shape index (κ3) is 6.19. The maximum absolute atomic E-state index is 13.6. The Kier molecular flexibility index (Phi) is 10.2. The van der Waals surface area contributed by atoms with Gasteiger partial charge < -0.3 is 38.3 Å². The molecular formula is C29H34O10S2. The van der Waals surface area contributed by atoms with Crippen molar-refractivity contribution in [1.29, 1.82) is 0 Å². The molecule has 41 heavy (non-hydrogen) atoms. The summed E-state index contributed by atoms with van der Waals surface area (Å²) in [5.74, 6) is 1.79. The van der Waals surface area contributed by atoms with Crippen LogP contribution in [0.3, 0.4) is 0 Å². The molecule has 2 heterocycles. The van der Waals surface area contributed by atoms with E-state index in [9.17, 15) is 14.7 Å². The van der Waals surface area contributed by atoms with Crippen molar-refractivity contribution in [1.82, 2.24) is 0 Å². The summed E-state index contributed by atoms with van der Waals surface area (Å²) in [6.45, 7) is 3.37. The van der Waals surface area contributed by atoms with Gasteiger partial charge in [-0.1, -0.05) is 0 Å². The highest BCUT2D eigenvalue weighted by Crippen LogP contribution is 2.54. The number of hydrogen-bond acceptors (Lipinski definition) is 12. The lowest BCUT2D eigenvalue weighted by molar-refractivity contribution is -0.143. The summed E-state index contributed by atoms with van der Waals surface area (Å²) in [6, 6.07) is 6.54. The number of methoxy groups -OCH3 is 3. The maximum Gasteiger partial charge on any atom is 0.337 e. The van der Waals surface area contributed by atoms with Crippen LogP contribution < -0.4 is 23.7 Å². The van der Waals surface area contributed by atoms with Crippen molar-refractivity contribution in [2.75, 3.05) is 52.8 Å². The molecule has 2 aromatic rings. The smallest absolute Gasteiger partial charge is 0.337 e. The first-order valence-electron chi connectivity index (χ1n) is 13.1. The summed E-state index contributed by atoms with van der Waals surface area (Å²) in [5.41, 5.74) is -1.42. The van der Waals surface area contributed by atoms with Gasteiger partial charge in [0.25, 0.3) is 0 Å². The zero-order chi connectivity index (χ0) is 29.6. The van der Waals surface area contributed by atoms with Crippen molar-refractivity contribution < 1.29 is 47.9 Å². The molecule has 1 unspecified atom stereocenters. The first-order chi connectivity index (χ1) is 19.8. The molecule has 2 aromatic carbocycles. The Bertz CT molecular complexity index is 1280. The summed E-state index contributed by atoms with van der Waals surface area (Å²) < 4.78 is 38.5. The first kappa shape index (κ1) is 30.7. The predicted octanol–water partition coefficient (Wildman–Crippen LogP) is 4.60. The van der Waals surface area contributed by atoms with Gasteiger partial charge in [0.15, 0.2) is 23.0 Å². The molecule has 0 amide bonds. The molecule has 12 heteroatoms. The number of aliphatic hydroxyl groups is 1. The number of carbonyl (C=O) groups excluding carboxylic acids is 2. The van der Waals surface area contributed by atoms with Crippen molar-refractivity contribution in [2.24, 2.45) is 0 Å². The highest BCUT2D eigenvalue weighted by Gasteiger charge is 2.46. The summed E-state index contributed by atoms with van der Waals surface area (Å²) in [5, 5.41) is 13.0. The van der Waals surface area contributed by atoms with E-state index in [1.807, 2.05) is 6.07 Å². The lowest BCUT2D eigenvalue weighted by Gasteiger charge is -2.35. The van der Waals surface area contributed by atoms with Gasteiger partial charge in [-0.15, -0.1) is 23.5 Å². The molecule has 4 rings (SSSR count). The molecule has 222 valence electrons. The minimum atomic E-state index is -2.26. The lowest BCUT2D eigenvalue weighted by atomic mass is 9.77. The Balaban J connectivity index is 2.11. The molecule has 0 bridgehead atoms. The number of benzene rings is 2. The van der Waals surface area contributed by atoms with Crippen LogP contribution in [-0.4, -0.2) is 69.9 Å². The van der Waals surface area contributed by atoms with E-state index < -0.39 is 17.5 Å². The lowest BCUT2D eigenvalue weighted by Crippen LogP contribution is -2.36. The highest BCUT2D eigenvalue weighted by molar-refractivity contribution is 8.16. The number of carbonyl (C=O) groups is 2. The van der Waals surface area contributed by atoms with Crippen molar-refractivity contribution >= 4 is 35.5 Å². The monoisotopic (exact) mass is 606 g/mol. The molecule has 10 nitrogen and oxygen atoms in total. The van der Waals surface area contributed by atoms with E-state index in [0.717, 1.165) is 24.0 Å². The van der Waals surface area contributed by atoms with Crippen LogP contribution in [0.25, 0.3) is 0 Å². The average Bonchev–Trinajstić information content (AvgIpc) is 3.46. The number of fused-ring (bicyclic) bond motifs is 1. The quantitative estimate of drug-likeness (QED) is 0.284. The summed E-state index contributed by atoms with van der Waals surface area (Å²) in [4.78, 5) is 26.5. The average molecular weight is 607 g/mol. The van der Waals surface area contributed by atoms with Crippen LogP contribution in [0.2, 0.25) is 0 Å². The van der Waals surface area contributed by atoms with E-state index in [-0.39, 0.29) is 53.0 Å². The van der Waals surface area contributed by atoms with Crippen LogP contribution >= 0.6 is 23.5 Å². The predicted molar refractivity (Wildman–Crippen MR) is 155 cm³/mol. The maximum atomic E-state index is 13.6. The third-order valence-corrected chi connectivity index (χ3v) is 9.51. The first-order valence-corrected chi connectivity index (χ1v) is 15.2. The second kappa shape index (κ2) is 13.6. The zero-order valence-electron chi connectivity index (χ0n) is 23.6. The topological polar surface area (TPSA) is 119 Å². The van der Waals surface area contributed by atoms with Crippen LogP contribution in [-0.2, 0) is 24.7 Å². The molecule has 1 atom stereocenters. The minimum Gasteiger partial charge on any atom is -0.493 e. The molecule has 1 saturated heterocycles. The number of ether oxygens (including phenoxy) is 7. The van der Waals surface area contributed by atoms with Crippen LogP contribution in [0.15, 0.2) is 35.9 Å². The van der Waals surface area contributed by atoms with E-state index in [1.54, 1.807) is 43.4 Å². The van der Waals surface area contributed by atoms with Crippen LogP contribution in [0.5, 0.6) is 28.7 Å². The van der Waals surface area contributed by atoms with Crippen LogP contribution in [0.4, 0.5) is 0 Å². The van der Waals surface area contributed by atoms with Gasteiger partial charge in [0.2, 0.25) is 12.5 Å². The highest BCUT2D eigenvalue weighted by atomic mass is 32.2. The second-order valence-corrected chi connectivity index (χ2v) is 11.6. The molecule has 2 aliphatic heterocycles. The fourth-order valence-corrected chi connectivity index (χ4v) is 7.65. The summed E-state index contributed by atoms with van der Waals surface area (Å²) in [6.07, 6.45) is 2.01. The van der Waals surface area contributed by atoms with Gasteiger partial charge in [-0.25, -0.2) is 9.59 Å². The van der Waals surface area contributed by atoms with Crippen molar-refractivity contribution in [2.45, 2.75) is 30.5 Å². The molecule has 0 saturated carbocycles. The molecular weight excluding hydrogens is 572 g/mol. The van der Waals surface area contributed by atoms with E-state index in [0.29, 0.717) is 22.6 Å². The van der Waals surface area contributed by atoms with Crippen molar-refractivity contribution in [3.8, 4) is 28.7 Å². The van der Waals surface area contributed by atoms with Gasteiger partial charge in [-0.2, -0.15) is 0 Å². The Hall–Kier alpha value is -3.22. The molecule has 1 fully saturated rings. The van der Waals surface area contributed by atoms with Crippen LogP contribution in [0, 0.1) is 0 Å². The SMILES string of the molecule is CCOC(=O)/C=C(\C(=O)OCC)C(O)(c1cc(OC)c(OC)c(OC)c1)c1cc2c(cc1C1SCCCS1)OCO2. The van der Waals surface area contributed by atoms with Gasteiger partial charge in [0.05, 0.1) is 44.7 Å².